The van der Waals surface area contributed by atoms with Gasteiger partial charge in [-0.2, -0.15) is 0 Å². The summed E-state index contributed by atoms with van der Waals surface area (Å²) in [7, 11) is 1.76. The number of hydrazine groups is 1. The summed E-state index contributed by atoms with van der Waals surface area (Å²) in [6.45, 7) is 4.79. The first-order valence-corrected chi connectivity index (χ1v) is 5.71. The molecule has 0 aliphatic rings. The fourth-order valence-corrected chi connectivity index (χ4v) is 1.73. The Morgan fingerprint density at radius 1 is 1.65 bits per heavy atom. The van der Waals surface area contributed by atoms with Crippen LogP contribution < -0.4 is 11.3 Å². The minimum Gasteiger partial charge on any atom is -0.341 e. The molecule has 94 valence electrons. The van der Waals surface area contributed by atoms with Gasteiger partial charge in [-0.3, -0.25) is 4.79 Å². The van der Waals surface area contributed by atoms with E-state index in [1.165, 1.54) is 6.20 Å². The van der Waals surface area contributed by atoms with E-state index in [1.807, 2.05) is 0 Å². The second-order valence-corrected chi connectivity index (χ2v) is 4.69. The van der Waals surface area contributed by atoms with Crippen LogP contribution in [-0.2, 0) is 0 Å². The standard InChI is InChI=1S/C11H17ClN4O/c1-7(2)6-16(3)11(17)8-4-9(12)10(15-13)14-5-8/h4-5,7H,6,13H2,1-3H3,(H,14,15). The van der Waals surface area contributed by atoms with Crippen molar-refractivity contribution < 1.29 is 4.79 Å². The van der Waals surface area contributed by atoms with E-state index in [-0.39, 0.29) is 5.91 Å². The number of aromatic nitrogens is 1. The predicted molar refractivity (Wildman–Crippen MR) is 68.9 cm³/mol. The molecule has 6 heteroatoms. The normalized spacial score (nSPS) is 10.5. The second-order valence-electron chi connectivity index (χ2n) is 4.28. The summed E-state index contributed by atoms with van der Waals surface area (Å²) >= 11 is 5.91. The van der Waals surface area contributed by atoms with Crippen molar-refractivity contribution in [2.75, 3.05) is 19.0 Å². The molecule has 0 saturated carbocycles. The van der Waals surface area contributed by atoms with Crippen LogP contribution in [0.1, 0.15) is 24.2 Å². The number of halogens is 1. The lowest BCUT2D eigenvalue weighted by Crippen LogP contribution is -2.30. The quantitative estimate of drug-likeness (QED) is 0.636. The Morgan fingerprint density at radius 2 is 2.29 bits per heavy atom. The van der Waals surface area contributed by atoms with E-state index < -0.39 is 0 Å². The molecule has 1 aromatic rings. The van der Waals surface area contributed by atoms with E-state index in [4.69, 9.17) is 17.4 Å². The molecular formula is C11H17ClN4O. The van der Waals surface area contributed by atoms with Gasteiger partial charge in [0, 0.05) is 19.8 Å². The third-order valence-electron chi connectivity index (χ3n) is 2.21. The summed E-state index contributed by atoms with van der Waals surface area (Å²) in [4.78, 5) is 17.6. The highest BCUT2D eigenvalue weighted by atomic mass is 35.5. The van der Waals surface area contributed by atoms with Crippen molar-refractivity contribution >= 4 is 23.3 Å². The summed E-state index contributed by atoms with van der Waals surface area (Å²) in [5, 5.41) is 0.330. The fourth-order valence-electron chi connectivity index (χ4n) is 1.51. The van der Waals surface area contributed by atoms with E-state index in [2.05, 4.69) is 24.3 Å². The molecule has 1 heterocycles. The third-order valence-corrected chi connectivity index (χ3v) is 2.50. The van der Waals surface area contributed by atoms with E-state index in [1.54, 1.807) is 18.0 Å². The van der Waals surface area contributed by atoms with Crippen LogP contribution in [0.5, 0.6) is 0 Å². The number of carbonyl (C=O) groups excluding carboxylic acids is 1. The number of pyridine rings is 1. The number of nitrogens with two attached hydrogens (primary N) is 1. The van der Waals surface area contributed by atoms with Crippen molar-refractivity contribution in [1.29, 1.82) is 0 Å². The van der Waals surface area contributed by atoms with Crippen molar-refractivity contribution in [2.45, 2.75) is 13.8 Å². The molecule has 0 aliphatic heterocycles. The van der Waals surface area contributed by atoms with Gasteiger partial charge in [-0.15, -0.1) is 0 Å². The highest BCUT2D eigenvalue weighted by molar-refractivity contribution is 6.33. The van der Waals surface area contributed by atoms with Crippen molar-refractivity contribution in [1.82, 2.24) is 9.88 Å². The van der Waals surface area contributed by atoms with Gasteiger partial charge in [-0.1, -0.05) is 25.4 Å². The Morgan fingerprint density at radius 3 is 2.76 bits per heavy atom. The Labute approximate surface area is 106 Å². The van der Waals surface area contributed by atoms with Gasteiger partial charge < -0.3 is 10.3 Å². The molecular weight excluding hydrogens is 240 g/mol. The molecule has 0 atom stereocenters. The number of hydrogen-bond donors (Lipinski definition) is 2. The SMILES string of the molecule is CC(C)CN(C)C(=O)c1cnc(NN)c(Cl)c1. The van der Waals surface area contributed by atoms with E-state index in [9.17, 15) is 4.79 Å². The first kappa shape index (κ1) is 13.7. The highest BCUT2D eigenvalue weighted by Gasteiger charge is 2.14. The molecule has 1 amide bonds. The summed E-state index contributed by atoms with van der Waals surface area (Å²) in [6, 6.07) is 1.56. The largest absolute Gasteiger partial charge is 0.341 e. The Hall–Kier alpha value is -1.33. The topological polar surface area (TPSA) is 71.2 Å². The zero-order valence-corrected chi connectivity index (χ0v) is 11.0. The number of rotatable bonds is 4. The first-order valence-electron chi connectivity index (χ1n) is 5.33. The summed E-state index contributed by atoms with van der Waals surface area (Å²) in [5.41, 5.74) is 2.81. The van der Waals surface area contributed by atoms with Crippen LogP contribution in [0.25, 0.3) is 0 Å². The lowest BCUT2D eigenvalue weighted by atomic mass is 10.2. The van der Waals surface area contributed by atoms with E-state index in [0.29, 0.717) is 28.9 Å². The number of nitrogen functional groups attached to an aromatic ring is 1. The molecule has 0 bridgehead atoms. The maximum Gasteiger partial charge on any atom is 0.255 e. The van der Waals surface area contributed by atoms with Crippen LogP contribution >= 0.6 is 11.6 Å². The fraction of sp³-hybridized carbons (Fsp3) is 0.455. The molecule has 5 nitrogen and oxygen atoms in total. The van der Waals surface area contributed by atoms with Crippen molar-refractivity contribution in [3.8, 4) is 0 Å². The molecule has 17 heavy (non-hydrogen) atoms. The minimum atomic E-state index is -0.100. The Bertz CT molecular complexity index is 408. The number of nitrogens with zero attached hydrogens (tertiary/aromatic N) is 2. The maximum atomic E-state index is 12.0. The van der Waals surface area contributed by atoms with Crippen molar-refractivity contribution in [3.63, 3.8) is 0 Å². The number of anilines is 1. The van der Waals surface area contributed by atoms with Crippen molar-refractivity contribution in [2.24, 2.45) is 11.8 Å². The molecule has 0 saturated heterocycles. The van der Waals surface area contributed by atoms with Crippen LogP contribution in [0.4, 0.5) is 5.82 Å². The average molecular weight is 257 g/mol. The van der Waals surface area contributed by atoms with Gasteiger partial charge in [0.05, 0.1) is 10.6 Å². The molecule has 1 rings (SSSR count). The Kier molecular flexibility index (Phi) is 4.72. The first-order chi connectivity index (χ1) is 7.95. The third kappa shape index (κ3) is 3.57. The number of hydrogen-bond acceptors (Lipinski definition) is 4. The van der Waals surface area contributed by atoms with Gasteiger partial charge in [0.25, 0.3) is 5.91 Å². The number of nitrogens with one attached hydrogen (secondary N) is 1. The lowest BCUT2D eigenvalue weighted by molar-refractivity contribution is 0.0779. The predicted octanol–water partition coefficient (Wildman–Crippen LogP) is 1.75. The molecule has 0 radical (unpaired) electrons. The van der Waals surface area contributed by atoms with Gasteiger partial charge in [0.1, 0.15) is 0 Å². The van der Waals surface area contributed by atoms with Crippen LogP contribution in [0.2, 0.25) is 5.02 Å². The highest BCUT2D eigenvalue weighted by Crippen LogP contribution is 2.19. The Balaban J connectivity index is 2.86. The summed E-state index contributed by atoms with van der Waals surface area (Å²) in [5.74, 6) is 5.88. The van der Waals surface area contributed by atoms with Crippen LogP contribution in [0.15, 0.2) is 12.3 Å². The maximum absolute atomic E-state index is 12.0. The van der Waals surface area contributed by atoms with Crippen molar-refractivity contribution in [3.05, 3.63) is 22.8 Å². The number of amides is 1. The molecule has 0 spiro atoms. The molecule has 0 aromatic carbocycles. The van der Waals surface area contributed by atoms with Gasteiger partial charge in [0.2, 0.25) is 0 Å². The van der Waals surface area contributed by atoms with E-state index in [0.717, 1.165) is 0 Å². The van der Waals surface area contributed by atoms with Gasteiger partial charge in [-0.25, -0.2) is 10.8 Å². The minimum absolute atomic E-state index is 0.100. The lowest BCUT2D eigenvalue weighted by Gasteiger charge is -2.19. The average Bonchev–Trinajstić information content (AvgIpc) is 2.27. The van der Waals surface area contributed by atoms with Gasteiger partial charge in [0.15, 0.2) is 5.82 Å². The molecule has 1 aromatic heterocycles. The summed E-state index contributed by atoms with van der Waals surface area (Å²) in [6.07, 6.45) is 1.46. The van der Waals surface area contributed by atoms with Gasteiger partial charge >= 0.3 is 0 Å². The van der Waals surface area contributed by atoms with Crippen LogP contribution in [0.3, 0.4) is 0 Å². The molecule has 0 fully saturated rings. The van der Waals surface area contributed by atoms with E-state index >= 15 is 0 Å². The van der Waals surface area contributed by atoms with Crippen LogP contribution in [0, 0.1) is 5.92 Å². The zero-order chi connectivity index (χ0) is 13.0. The number of carbonyl (C=O) groups is 1. The monoisotopic (exact) mass is 256 g/mol. The van der Waals surface area contributed by atoms with Crippen LogP contribution in [-0.4, -0.2) is 29.4 Å². The van der Waals surface area contributed by atoms with Gasteiger partial charge in [-0.05, 0) is 12.0 Å². The smallest absolute Gasteiger partial charge is 0.255 e. The second kappa shape index (κ2) is 5.84. The zero-order valence-electron chi connectivity index (χ0n) is 10.2. The molecule has 0 aliphatic carbocycles. The molecule has 0 unspecified atom stereocenters. The summed E-state index contributed by atoms with van der Waals surface area (Å²) < 4.78 is 0. The molecule has 3 N–H and O–H groups in total.